The third-order valence-corrected chi connectivity index (χ3v) is 3.61. The van der Waals surface area contributed by atoms with Gasteiger partial charge in [0, 0.05) is 25.0 Å². The van der Waals surface area contributed by atoms with Crippen LogP contribution in [0.4, 0.5) is 0 Å². The summed E-state index contributed by atoms with van der Waals surface area (Å²) in [5, 5.41) is 2.95. The van der Waals surface area contributed by atoms with E-state index in [1.165, 1.54) is 0 Å². The van der Waals surface area contributed by atoms with Gasteiger partial charge in [-0.3, -0.25) is 9.69 Å². The van der Waals surface area contributed by atoms with Gasteiger partial charge >= 0.3 is 0 Å². The summed E-state index contributed by atoms with van der Waals surface area (Å²) in [5.41, 5.74) is 0. The Morgan fingerprint density at radius 1 is 1.50 bits per heavy atom. The average molecular weight is 247 g/mol. The molecule has 0 radical (unpaired) electrons. The van der Waals surface area contributed by atoms with Crippen molar-refractivity contribution in [1.82, 2.24) is 10.2 Å². The number of rotatable bonds is 5. The van der Waals surface area contributed by atoms with Crippen LogP contribution in [-0.4, -0.2) is 55.6 Å². The van der Waals surface area contributed by atoms with E-state index in [2.05, 4.69) is 10.2 Å². The van der Waals surface area contributed by atoms with E-state index < -0.39 is 0 Å². The summed E-state index contributed by atoms with van der Waals surface area (Å²) in [6, 6.07) is 0.390. The molecule has 92 valence electrons. The standard InChI is InChI=1S/C11H19ClN2O2/c12-3-6-16-7-5-14-4-1-2-9-10(14)8-13-11(9)15/h9-10H,1-8H2,(H,13,15). The van der Waals surface area contributed by atoms with Gasteiger partial charge in [0.25, 0.3) is 0 Å². The molecule has 0 spiro atoms. The third-order valence-electron chi connectivity index (χ3n) is 3.46. The molecule has 2 rings (SSSR count). The van der Waals surface area contributed by atoms with Crippen molar-refractivity contribution in [3.63, 3.8) is 0 Å². The predicted molar refractivity (Wildman–Crippen MR) is 62.6 cm³/mol. The highest BCUT2D eigenvalue weighted by atomic mass is 35.5. The van der Waals surface area contributed by atoms with Crippen LogP contribution >= 0.6 is 11.6 Å². The molecule has 0 aliphatic carbocycles. The lowest BCUT2D eigenvalue weighted by molar-refractivity contribution is -0.124. The molecule has 0 aromatic rings. The number of carbonyl (C=O) groups excluding carboxylic acids is 1. The zero-order chi connectivity index (χ0) is 11.4. The Hall–Kier alpha value is -0.320. The molecule has 2 aliphatic rings. The van der Waals surface area contributed by atoms with Gasteiger partial charge in [-0.05, 0) is 19.4 Å². The number of nitrogens with zero attached hydrogens (tertiary/aromatic N) is 1. The first-order valence-electron chi connectivity index (χ1n) is 5.98. The van der Waals surface area contributed by atoms with E-state index in [9.17, 15) is 4.79 Å². The lowest BCUT2D eigenvalue weighted by atomic mass is 9.91. The minimum Gasteiger partial charge on any atom is -0.379 e. The van der Waals surface area contributed by atoms with Crippen molar-refractivity contribution < 1.29 is 9.53 Å². The molecule has 5 heteroatoms. The summed E-state index contributed by atoms with van der Waals surface area (Å²) < 4.78 is 5.38. The second-order valence-electron chi connectivity index (χ2n) is 4.40. The molecular weight excluding hydrogens is 228 g/mol. The first-order valence-corrected chi connectivity index (χ1v) is 6.52. The van der Waals surface area contributed by atoms with E-state index in [4.69, 9.17) is 16.3 Å². The van der Waals surface area contributed by atoms with Crippen molar-refractivity contribution in [2.45, 2.75) is 18.9 Å². The van der Waals surface area contributed by atoms with Crippen LogP contribution in [0.2, 0.25) is 0 Å². The topological polar surface area (TPSA) is 41.6 Å². The number of likely N-dealkylation sites (tertiary alicyclic amines) is 1. The monoisotopic (exact) mass is 246 g/mol. The average Bonchev–Trinajstić information content (AvgIpc) is 2.68. The number of amides is 1. The normalized spacial score (nSPS) is 30.2. The highest BCUT2D eigenvalue weighted by molar-refractivity contribution is 6.17. The maximum atomic E-state index is 11.5. The number of nitrogens with one attached hydrogen (secondary N) is 1. The first-order chi connectivity index (χ1) is 7.83. The molecule has 2 saturated heterocycles. The van der Waals surface area contributed by atoms with Crippen molar-refractivity contribution >= 4 is 17.5 Å². The number of ether oxygens (including phenoxy) is 1. The molecule has 2 unspecified atom stereocenters. The second-order valence-corrected chi connectivity index (χ2v) is 4.78. The molecule has 0 aromatic carbocycles. The smallest absolute Gasteiger partial charge is 0.224 e. The summed E-state index contributed by atoms with van der Waals surface area (Å²) in [7, 11) is 0. The number of piperidine rings is 1. The third kappa shape index (κ3) is 2.67. The van der Waals surface area contributed by atoms with Crippen molar-refractivity contribution in [2.24, 2.45) is 5.92 Å². The lowest BCUT2D eigenvalue weighted by Gasteiger charge is -2.35. The van der Waals surface area contributed by atoms with Crippen LogP contribution in [0.3, 0.4) is 0 Å². The van der Waals surface area contributed by atoms with Gasteiger partial charge in [-0.15, -0.1) is 11.6 Å². The summed E-state index contributed by atoms with van der Waals surface area (Å²) >= 11 is 5.54. The molecule has 1 N–H and O–H groups in total. The van der Waals surface area contributed by atoms with Crippen molar-refractivity contribution in [2.75, 3.05) is 38.7 Å². The van der Waals surface area contributed by atoms with Crippen LogP contribution in [0.1, 0.15) is 12.8 Å². The van der Waals surface area contributed by atoms with Crippen LogP contribution in [0.5, 0.6) is 0 Å². The minimum atomic E-state index is 0.210. The fourth-order valence-corrected chi connectivity index (χ4v) is 2.77. The predicted octanol–water partition coefficient (Wildman–Crippen LogP) is 0.452. The van der Waals surface area contributed by atoms with E-state index in [0.717, 1.165) is 32.5 Å². The number of fused-ring (bicyclic) bond motifs is 1. The largest absolute Gasteiger partial charge is 0.379 e. The number of carbonyl (C=O) groups is 1. The van der Waals surface area contributed by atoms with Crippen LogP contribution in [0, 0.1) is 5.92 Å². The highest BCUT2D eigenvalue weighted by Gasteiger charge is 2.40. The van der Waals surface area contributed by atoms with Gasteiger partial charge in [0.15, 0.2) is 0 Å². The molecule has 1 amide bonds. The number of hydrogen-bond donors (Lipinski definition) is 1. The maximum Gasteiger partial charge on any atom is 0.224 e. The van der Waals surface area contributed by atoms with Gasteiger partial charge < -0.3 is 10.1 Å². The summed E-state index contributed by atoms with van der Waals surface area (Å²) in [6.45, 7) is 4.12. The molecule has 0 saturated carbocycles. The van der Waals surface area contributed by atoms with Crippen LogP contribution in [-0.2, 0) is 9.53 Å². The first kappa shape index (κ1) is 12.1. The van der Waals surface area contributed by atoms with Gasteiger partial charge in [0.05, 0.1) is 19.1 Å². The van der Waals surface area contributed by atoms with Crippen molar-refractivity contribution in [3.8, 4) is 0 Å². The van der Waals surface area contributed by atoms with Gasteiger partial charge in [0.1, 0.15) is 0 Å². The Labute approximate surface area is 101 Å². The fourth-order valence-electron chi connectivity index (χ4n) is 2.66. The zero-order valence-electron chi connectivity index (χ0n) is 9.45. The Balaban J connectivity index is 1.78. The van der Waals surface area contributed by atoms with Gasteiger partial charge in [-0.1, -0.05) is 0 Å². The van der Waals surface area contributed by atoms with E-state index in [0.29, 0.717) is 25.1 Å². The van der Waals surface area contributed by atoms with Gasteiger partial charge in [-0.25, -0.2) is 0 Å². The Morgan fingerprint density at radius 2 is 2.38 bits per heavy atom. The quantitative estimate of drug-likeness (QED) is 0.566. The molecule has 2 atom stereocenters. The highest BCUT2D eigenvalue weighted by Crippen LogP contribution is 2.26. The van der Waals surface area contributed by atoms with Gasteiger partial charge in [-0.2, -0.15) is 0 Å². The Morgan fingerprint density at radius 3 is 3.19 bits per heavy atom. The number of halogens is 1. The summed E-state index contributed by atoms with van der Waals surface area (Å²) in [5.74, 6) is 0.990. The second kappa shape index (κ2) is 5.84. The molecule has 4 nitrogen and oxygen atoms in total. The lowest BCUT2D eigenvalue weighted by Crippen LogP contribution is -2.46. The number of hydrogen-bond acceptors (Lipinski definition) is 3. The van der Waals surface area contributed by atoms with E-state index >= 15 is 0 Å². The van der Waals surface area contributed by atoms with Crippen LogP contribution in [0.15, 0.2) is 0 Å². The Bertz CT molecular complexity index is 250. The molecule has 2 heterocycles. The summed E-state index contributed by atoms with van der Waals surface area (Å²) in [6.07, 6.45) is 2.15. The summed E-state index contributed by atoms with van der Waals surface area (Å²) in [4.78, 5) is 13.9. The molecular formula is C11H19ClN2O2. The molecule has 16 heavy (non-hydrogen) atoms. The van der Waals surface area contributed by atoms with E-state index in [1.54, 1.807) is 0 Å². The SMILES string of the molecule is O=C1NCC2C1CCCN2CCOCCCl. The fraction of sp³-hybridized carbons (Fsp3) is 0.909. The van der Waals surface area contributed by atoms with Crippen molar-refractivity contribution in [3.05, 3.63) is 0 Å². The zero-order valence-corrected chi connectivity index (χ0v) is 10.2. The molecule has 0 bridgehead atoms. The maximum absolute atomic E-state index is 11.5. The van der Waals surface area contributed by atoms with E-state index in [1.807, 2.05) is 0 Å². The van der Waals surface area contributed by atoms with Crippen molar-refractivity contribution in [1.29, 1.82) is 0 Å². The number of alkyl halides is 1. The molecule has 2 fully saturated rings. The molecule has 2 aliphatic heterocycles. The molecule has 0 aromatic heterocycles. The van der Waals surface area contributed by atoms with Crippen LogP contribution in [0.25, 0.3) is 0 Å². The van der Waals surface area contributed by atoms with E-state index in [-0.39, 0.29) is 11.8 Å². The van der Waals surface area contributed by atoms with Gasteiger partial charge in [0.2, 0.25) is 5.91 Å². The Kier molecular flexibility index (Phi) is 4.44. The van der Waals surface area contributed by atoms with Crippen LogP contribution < -0.4 is 5.32 Å². The minimum absolute atomic E-state index is 0.210.